The normalized spacial score (nSPS) is 36.0. The van der Waals surface area contributed by atoms with Gasteiger partial charge in [0.05, 0.1) is 26.7 Å². The van der Waals surface area contributed by atoms with Crippen molar-refractivity contribution in [1.29, 1.82) is 0 Å². The van der Waals surface area contributed by atoms with E-state index in [0.29, 0.717) is 6.04 Å². The summed E-state index contributed by atoms with van der Waals surface area (Å²) in [6.07, 6.45) is 3.14. The predicted octanol–water partition coefficient (Wildman–Crippen LogP) is 3.01. The van der Waals surface area contributed by atoms with Gasteiger partial charge in [0, 0.05) is 30.9 Å². The molecule has 2 fully saturated rings. The molecule has 2 heterocycles. The van der Waals surface area contributed by atoms with Crippen LogP contribution in [0.1, 0.15) is 30.7 Å². The van der Waals surface area contributed by atoms with E-state index in [0.717, 1.165) is 41.6 Å². The lowest BCUT2D eigenvalue weighted by atomic mass is 9.75. The molecule has 2 aliphatic heterocycles. The number of halogens is 1. The summed E-state index contributed by atoms with van der Waals surface area (Å²) >= 11 is 4.43. The molecule has 3 nitrogen and oxygen atoms in total. The van der Waals surface area contributed by atoms with Crippen molar-refractivity contribution < 1.29 is 18.4 Å². The Kier molecular flexibility index (Phi) is 4.70. The van der Waals surface area contributed by atoms with Gasteiger partial charge in [0.25, 0.3) is 0 Å². The number of piperidine rings is 1. The molecule has 3 unspecified atom stereocenters. The zero-order chi connectivity index (χ0) is 16.6. The summed E-state index contributed by atoms with van der Waals surface area (Å²) < 4.78 is 19.3. The summed E-state index contributed by atoms with van der Waals surface area (Å²) in [4.78, 5) is 12.6. The van der Waals surface area contributed by atoms with E-state index >= 15 is 0 Å². The van der Waals surface area contributed by atoms with Crippen molar-refractivity contribution in [2.75, 3.05) is 26.5 Å². The molecule has 3 rings (SSSR count). The lowest BCUT2D eigenvalue weighted by molar-refractivity contribution is -0.949. The van der Waals surface area contributed by atoms with Gasteiger partial charge in [-0.1, -0.05) is 12.1 Å². The second-order valence-corrected chi connectivity index (χ2v) is 7.48. The highest BCUT2D eigenvalue weighted by Crippen LogP contribution is 2.50. The molecule has 0 aliphatic carbocycles. The summed E-state index contributed by atoms with van der Waals surface area (Å²) in [6, 6.07) is 7.43. The first-order chi connectivity index (χ1) is 11.0. The van der Waals surface area contributed by atoms with Gasteiger partial charge in [-0.25, -0.2) is 4.39 Å². The number of carbonyl (C=O) groups is 1. The van der Waals surface area contributed by atoms with Crippen LogP contribution >= 0.6 is 12.6 Å². The molecule has 1 aromatic carbocycles. The average Bonchev–Trinajstić information content (AvgIpc) is 2.74. The Balaban J connectivity index is 1.98. The first kappa shape index (κ1) is 16.8. The van der Waals surface area contributed by atoms with E-state index in [1.165, 1.54) is 19.2 Å². The van der Waals surface area contributed by atoms with Gasteiger partial charge in [0.15, 0.2) is 0 Å². The minimum absolute atomic E-state index is 0.117. The zero-order valence-corrected chi connectivity index (χ0v) is 14.6. The molecule has 1 aromatic rings. The number of esters is 1. The highest BCUT2D eigenvalue weighted by molar-refractivity contribution is 7.80. The number of quaternary nitrogens is 1. The Morgan fingerprint density at radius 3 is 2.65 bits per heavy atom. The third-order valence-electron chi connectivity index (χ3n) is 6.11. The lowest BCUT2D eigenvalue weighted by Crippen LogP contribution is -2.62. The molecular weight excluding hydrogens is 313 g/mol. The number of ether oxygens (including phenoxy) is 1. The summed E-state index contributed by atoms with van der Waals surface area (Å²) in [5, 5.41) is 0. The van der Waals surface area contributed by atoms with Gasteiger partial charge in [-0.3, -0.25) is 4.79 Å². The molecule has 5 atom stereocenters. The van der Waals surface area contributed by atoms with Crippen LogP contribution in [0.5, 0.6) is 0 Å². The fraction of sp³-hybridized carbons (Fsp3) is 0.611. The standard InChI is InChI=1S/C18H24FNO2S/c1-20(9-10-23)14-7-8-16(20)17(18(21)22-2)15(11-14)12-3-5-13(19)6-4-12/h3-6,14-17H,7-11H2,1-2H3/p+1/t14?,15-,16?,17+,20?/m1/s1. The van der Waals surface area contributed by atoms with E-state index in [2.05, 4.69) is 19.7 Å². The topological polar surface area (TPSA) is 26.3 Å². The largest absolute Gasteiger partial charge is 0.469 e. The second-order valence-electron chi connectivity index (χ2n) is 7.04. The number of nitrogens with zero attached hydrogens (tertiary/aromatic N) is 1. The molecule has 2 aliphatic rings. The van der Waals surface area contributed by atoms with Gasteiger partial charge in [-0.15, -0.1) is 0 Å². The molecular formula is C18H25FNO2S+. The molecule has 0 N–H and O–H groups in total. The minimum Gasteiger partial charge on any atom is -0.469 e. The van der Waals surface area contributed by atoms with Gasteiger partial charge >= 0.3 is 5.97 Å². The Labute approximate surface area is 142 Å². The van der Waals surface area contributed by atoms with Gasteiger partial charge in [-0.2, -0.15) is 12.6 Å². The summed E-state index contributed by atoms with van der Waals surface area (Å²) in [5.41, 5.74) is 1.05. The van der Waals surface area contributed by atoms with E-state index in [-0.39, 0.29) is 29.7 Å². The molecule has 2 bridgehead atoms. The van der Waals surface area contributed by atoms with Crippen molar-refractivity contribution in [2.45, 2.75) is 37.3 Å². The number of benzene rings is 1. The van der Waals surface area contributed by atoms with Crippen LogP contribution in [0.15, 0.2) is 24.3 Å². The second kappa shape index (κ2) is 6.44. The monoisotopic (exact) mass is 338 g/mol. The quantitative estimate of drug-likeness (QED) is 0.519. The zero-order valence-electron chi connectivity index (χ0n) is 13.7. The van der Waals surface area contributed by atoms with Crippen molar-refractivity contribution in [1.82, 2.24) is 0 Å². The van der Waals surface area contributed by atoms with Crippen LogP contribution in [0.3, 0.4) is 0 Å². The van der Waals surface area contributed by atoms with Crippen molar-refractivity contribution in [3.63, 3.8) is 0 Å². The van der Waals surface area contributed by atoms with E-state index in [1.807, 2.05) is 12.1 Å². The fourth-order valence-electron chi connectivity index (χ4n) is 4.91. The molecule has 0 amide bonds. The maximum absolute atomic E-state index is 13.3. The van der Waals surface area contributed by atoms with Gasteiger partial charge < -0.3 is 9.22 Å². The molecule has 0 saturated carbocycles. The van der Waals surface area contributed by atoms with Crippen molar-refractivity contribution in [3.8, 4) is 0 Å². The lowest BCUT2D eigenvalue weighted by Gasteiger charge is -2.50. The van der Waals surface area contributed by atoms with Crippen LogP contribution in [0.25, 0.3) is 0 Å². The molecule has 0 spiro atoms. The molecule has 0 radical (unpaired) electrons. The predicted molar refractivity (Wildman–Crippen MR) is 91.0 cm³/mol. The number of carbonyl (C=O) groups excluding carboxylic acids is 1. The summed E-state index contributed by atoms with van der Waals surface area (Å²) in [7, 11) is 3.73. The highest BCUT2D eigenvalue weighted by Gasteiger charge is 2.59. The van der Waals surface area contributed by atoms with Crippen LogP contribution in [-0.2, 0) is 9.53 Å². The maximum atomic E-state index is 13.3. The Morgan fingerprint density at radius 2 is 2.04 bits per heavy atom. The van der Waals surface area contributed by atoms with Crippen LogP contribution in [-0.4, -0.2) is 49.0 Å². The molecule has 23 heavy (non-hydrogen) atoms. The van der Waals surface area contributed by atoms with Crippen molar-refractivity contribution in [3.05, 3.63) is 35.6 Å². The molecule has 5 heteroatoms. The van der Waals surface area contributed by atoms with E-state index in [9.17, 15) is 9.18 Å². The fourth-order valence-corrected chi connectivity index (χ4v) is 5.34. The molecule has 2 saturated heterocycles. The maximum Gasteiger partial charge on any atom is 0.315 e. The molecule has 0 aromatic heterocycles. The number of hydrogen-bond donors (Lipinski definition) is 1. The average molecular weight is 338 g/mol. The third kappa shape index (κ3) is 2.78. The summed E-state index contributed by atoms with van der Waals surface area (Å²) in [5.74, 6) is 0.408. The minimum atomic E-state index is -0.238. The number of thiol groups is 1. The number of fused-ring (bicyclic) bond motifs is 2. The Bertz CT molecular complexity index is 579. The van der Waals surface area contributed by atoms with Crippen LogP contribution < -0.4 is 0 Å². The first-order valence-electron chi connectivity index (χ1n) is 8.30. The number of hydrogen-bond acceptors (Lipinski definition) is 3. The van der Waals surface area contributed by atoms with Crippen LogP contribution in [0.2, 0.25) is 0 Å². The van der Waals surface area contributed by atoms with Crippen LogP contribution in [0.4, 0.5) is 4.39 Å². The van der Waals surface area contributed by atoms with E-state index < -0.39 is 0 Å². The molecule has 126 valence electrons. The van der Waals surface area contributed by atoms with Gasteiger partial charge in [0.2, 0.25) is 0 Å². The first-order valence-corrected chi connectivity index (χ1v) is 8.93. The summed E-state index contributed by atoms with van der Waals surface area (Å²) in [6.45, 7) is 0.974. The van der Waals surface area contributed by atoms with Crippen molar-refractivity contribution >= 4 is 18.6 Å². The smallest absolute Gasteiger partial charge is 0.315 e. The van der Waals surface area contributed by atoms with Crippen molar-refractivity contribution in [2.24, 2.45) is 5.92 Å². The SMILES string of the molecule is COC(=O)[C@@H]1C2CCC(C[C@@H]1c1ccc(F)cc1)[N+]2(C)CCS. The van der Waals surface area contributed by atoms with E-state index in [4.69, 9.17) is 4.74 Å². The number of rotatable bonds is 4. The van der Waals surface area contributed by atoms with Gasteiger partial charge in [0.1, 0.15) is 17.8 Å². The highest BCUT2D eigenvalue weighted by atomic mass is 32.1. The third-order valence-corrected chi connectivity index (χ3v) is 6.31. The van der Waals surface area contributed by atoms with Crippen LogP contribution in [0, 0.1) is 11.7 Å². The van der Waals surface area contributed by atoms with E-state index in [1.54, 1.807) is 0 Å². The van der Waals surface area contributed by atoms with Gasteiger partial charge in [-0.05, 0) is 17.7 Å². The number of methoxy groups -OCH3 is 1. The Morgan fingerprint density at radius 1 is 1.35 bits per heavy atom. The Hall–Kier alpha value is -1.07.